The summed E-state index contributed by atoms with van der Waals surface area (Å²) < 4.78 is 1.81. The maximum atomic E-state index is 12.2. The van der Waals surface area contributed by atoms with Crippen LogP contribution in [0.3, 0.4) is 0 Å². The third-order valence-electron chi connectivity index (χ3n) is 3.90. The van der Waals surface area contributed by atoms with Crippen molar-refractivity contribution in [2.45, 2.75) is 25.8 Å². The van der Waals surface area contributed by atoms with E-state index in [1.165, 1.54) is 0 Å². The maximum absolute atomic E-state index is 12.2. The number of hydrogen-bond acceptors (Lipinski definition) is 3. The van der Waals surface area contributed by atoms with Crippen LogP contribution in [0.15, 0.2) is 67.3 Å². The minimum atomic E-state index is -0.0909. The van der Waals surface area contributed by atoms with Crippen LogP contribution in [-0.2, 0) is 11.2 Å². The van der Waals surface area contributed by atoms with Crippen molar-refractivity contribution in [1.29, 1.82) is 0 Å². The van der Waals surface area contributed by atoms with Gasteiger partial charge in [0.15, 0.2) is 0 Å². The molecule has 5 heteroatoms. The fourth-order valence-corrected chi connectivity index (χ4v) is 2.67. The summed E-state index contributed by atoms with van der Waals surface area (Å²) in [6.45, 7) is 1.99. The zero-order chi connectivity index (χ0) is 16.8. The monoisotopic (exact) mass is 320 g/mol. The molecule has 2 heterocycles. The van der Waals surface area contributed by atoms with Gasteiger partial charge in [0.05, 0.1) is 11.7 Å². The predicted octanol–water partition coefficient (Wildman–Crippen LogP) is 3.08. The Bertz CT molecular complexity index is 784. The Morgan fingerprint density at radius 2 is 2.04 bits per heavy atom. The standard InChI is InChI=1S/C19H20N4O/c1-15(22-19(24)10-9-16-6-4-11-20-14-16)17-7-2-3-8-18(17)23-13-5-12-21-23/h2-8,11-15H,9-10H2,1H3,(H,22,24). The molecule has 1 atom stereocenters. The van der Waals surface area contributed by atoms with E-state index in [1.54, 1.807) is 18.6 Å². The van der Waals surface area contributed by atoms with E-state index >= 15 is 0 Å². The SMILES string of the molecule is CC(NC(=O)CCc1cccnc1)c1ccccc1-n1cccn1. The first kappa shape index (κ1) is 15.9. The molecule has 1 N–H and O–H groups in total. The maximum Gasteiger partial charge on any atom is 0.220 e. The molecule has 2 aromatic heterocycles. The molecule has 3 rings (SSSR count). The lowest BCUT2D eigenvalue weighted by molar-refractivity contribution is -0.121. The van der Waals surface area contributed by atoms with Crippen molar-refractivity contribution in [1.82, 2.24) is 20.1 Å². The number of carbonyl (C=O) groups excluding carboxylic acids is 1. The van der Waals surface area contributed by atoms with Crippen LogP contribution in [0, 0.1) is 0 Å². The number of aryl methyl sites for hydroxylation is 1. The number of hydrogen-bond donors (Lipinski definition) is 1. The lowest BCUT2D eigenvalue weighted by Gasteiger charge is -2.18. The first-order valence-corrected chi connectivity index (χ1v) is 8.01. The average Bonchev–Trinajstić information content (AvgIpc) is 3.15. The molecule has 122 valence electrons. The van der Waals surface area contributed by atoms with Crippen molar-refractivity contribution < 1.29 is 4.79 Å². The number of pyridine rings is 1. The van der Waals surface area contributed by atoms with E-state index in [1.807, 2.05) is 60.3 Å². The van der Waals surface area contributed by atoms with Gasteiger partial charge in [0.25, 0.3) is 0 Å². The minimum absolute atomic E-state index is 0.0293. The van der Waals surface area contributed by atoms with Crippen molar-refractivity contribution >= 4 is 5.91 Å². The van der Waals surface area contributed by atoms with E-state index < -0.39 is 0 Å². The molecule has 1 aromatic carbocycles. The Morgan fingerprint density at radius 3 is 2.79 bits per heavy atom. The fourth-order valence-electron chi connectivity index (χ4n) is 2.67. The number of para-hydroxylation sites is 1. The van der Waals surface area contributed by atoms with Crippen LogP contribution in [0.4, 0.5) is 0 Å². The Hall–Kier alpha value is -2.95. The molecule has 1 unspecified atom stereocenters. The first-order chi connectivity index (χ1) is 11.7. The molecule has 0 spiro atoms. The second kappa shape index (κ2) is 7.55. The lowest BCUT2D eigenvalue weighted by atomic mass is 10.1. The smallest absolute Gasteiger partial charge is 0.220 e. The molecule has 5 nitrogen and oxygen atoms in total. The van der Waals surface area contributed by atoms with Crippen LogP contribution in [0.5, 0.6) is 0 Å². The molecule has 0 bridgehead atoms. The Morgan fingerprint density at radius 1 is 1.17 bits per heavy atom. The van der Waals surface area contributed by atoms with Crippen LogP contribution < -0.4 is 5.32 Å². The van der Waals surface area contributed by atoms with Gasteiger partial charge in [-0.3, -0.25) is 9.78 Å². The molecule has 0 radical (unpaired) electrons. The van der Waals surface area contributed by atoms with E-state index in [0.29, 0.717) is 12.8 Å². The van der Waals surface area contributed by atoms with Gasteiger partial charge in [0.1, 0.15) is 0 Å². The van der Waals surface area contributed by atoms with Crippen LogP contribution in [-0.4, -0.2) is 20.7 Å². The van der Waals surface area contributed by atoms with Crippen LogP contribution in [0.2, 0.25) is 0 Å². The van der Waals surface area contributed by atoms with Crippen molar-refractivity contribution in [2.75, 3.05) is 0 Å². The summed E-state index contributed by atoms with van der Waals surface area (Å²) in [5.41, 5.74) is 3.08. The summed E-state index contributed by atoms with van der Waals surface area (Å²) in [5, 5.41) is 7.35. The predicted molar refractivity (Wildman–Crippen MR) is 92.7 cm³/mol. The summed E-state index contributed by atoms with van der Waals surface area (Å²) in [6.07, 6.45) is 8.30. The van der Waals surface area contributed by atoms with Gasteiger partial charge in [0, 0.05) is 31.2 Å². The largest absolute Gasteiger partial charge is 0.349 e. The number of nitrogens with zero attached hydrogens (tertiary/aromatic N) is 3. The third kappa shape index (κ3) is 3.87. The van der Waals surface area contributed by atoms with E-state index in [0.717, 1.165) is 16.8 Å². The van der Waals surface area contributed by atoms with E-state index in [-0.39, 0.29) is 11.9 Å². The van der Waals surface area contributed by atoms with Gasteiger partial charge in [-0.25, -0.2) is 4.68 Å². The van der Waals surface area contributed by atoms with Gasteiger partial charge in [-0.15, -0.1) is 0 Å². The minimum Gasteiger partial charge on any atom is -0.349 e. The van der Waals surface area contributed by atoms with Gasteiger partial charge in [0.2, 0.25) is 5.91 Å². The molecule has 0 aliphatic heterocycles. The number of aromatic nitrogens is 3. The Kier molecular flexibility index (Phi) is 5.01. The molecule has 3 aromatic rings. The zero-order valence-electron chi connectivity index (χ0n) is 13.6. The van der Waals surface area contributed by atoms with E-state index in [4.69, 9.17) is 0 Å². The highest BCUT2D eigenvalue weighted by Crippen LogP contribution is 2.21. The second-order valence-electron chi connectivity index (χ2n) is 5.66. The summed E-state index contributed by atoms with van der Waals surface area (Å²) in [6, 6.07) is 13.6. The molecular weight excluding hydrogens is 300 g/mol. The third-order valence-corrected chi connectivity index (χ3v) is 3.90. The Labute approximate surface area is 141 Å². The van der Waals surface area contributed by atoms with Gasteiger partial charge in [-0.2, -0.15) is 5.10 Å². The zero-order valence-corrected chi connectivity index (χ0v) is 13.6. The van der Waals surface area contributed by atoms with Crippen molar-refractivity contribution in [2.24, 2.45) is 0 Å². The molecule has 0 saturated heterocycles. The Balaban J connectivity index is 1.65. The molecule has 1 amide bonds. The van der Waals surface area contributed by atoms with Gasteiger partial charge in [-0.1, -0.05) is 24.3 Å². The van der Waals surface area contributed by atoms with Crippen molar-refractivity contribution in [3.05, 3.63) is 78.4 Å². The molecule has 0 fully saturated rings. The molecule has 0 aliphatic carbocycles. The number of benzene rings is 1. The average molecular weight is 320 g/mol. The number of amides is 1. The quantitative estimate of drug-likeness (QED) is 0.759. The molecule has 0 aliphatic rings. The highest BCUT2D eigenvalue weighted by Gasteiger charge is 2.14. The highest BCUT2D eigenvalue weighted by molar-refractivity contribution is 5.76. The molecule has 24 heavy (non-hydrogen) atoms. The first-order valence-electron chi connectivity index (χ1n) is 8.01. The number of rotatable bonds is 6. The summed E-state index contributed by atoms with van der Waals surface area (Å²) in [5.74, 6) is 0.0293. The summed E-state index contributed by atoms with van der Waals surface area (Å²) in [4.78, 5) is 16.3. The van der Waals surface area contributed by atoms with Crippen molar-refractivity contribution in [3.63, 3.8) is 0 Å². The van der Waals surface area contributed by atoms with E-state index in [2.05, 4.69) is 15.4 Å². The molecule has 0 saturated carbocycles. The van der Waals surface area contributed by atoms with Gasteiger partial charge in [-0.05, 0) is 42.7 Å². The normalized spacial score (nSPS) is 11.9. The fraction of sp³-hybridized carbons (Fsp3) is 0.211. The van der Waals surface area contributed by atoms with Crippen LogP contribution in [0.25, 0.3) is 5.69 Å². The number of carbonyl (C=O) groups is 1. The lowest BCUT2D eigenvalue weighted by Crippen LogP contribution is -2.27. The van der Waals surface area contributed by atoms with Crippen LogP contribution in [0.1, 0.15) is 30.5 Å². The van der Waals surface area contributed by atoms with Crippen LogP contribution >= 0.6 is 0 Å². The van der Waals surface area contributed by atoms with Gasteiger partial charge < -0.3 is 5.32 Å². The number of nitrogens with one attached hydrogen (secondary N) is 1. The highest BCUT2D eigenvalue weighted by atomic mass is 16.1. The summed E-state index contributed by atoms with van der Waals surface area (Å²) in [7, 11) is 0. The van der Waals surface area contributed by atoms with Crippen molar-refractivity contribution in [3.8, 4) is 5.69 Å². The van der Waals surface area contributed by atoms with Gasteiger partial charge >= 0.3 is 0 Å². The summed E-state index contributed by atoms with van der Waals surface area (Å²) >= 11 is 0. The molecular formula is C19H20N4O. The van der Waals surface area contributed by atoms with E-state index in [9.17, 15) is 4.79 Å². The topological polar surface area (TPSA) is 59.8 Å². The second-order valence-corrected chi connectivity index (χ2v) is 5.66.